The number of pyridine rings is 1. The van der Waals surface area contributed by atoms with Gasteiger partial charge in [-0.05, 0) is 36.4 Å². The second-order valence-electron chi connectivity index (χ2n) is 6.02. The Balaban J connectivity index is 1.50. The fraction of sp³-hybridized carbons (Fsp3) is 0.316. The monoisotopic (exact) mass is 352 g/mol. The van der Waals surface area contributed by atoms with E-state index in [9.17, 15) is 0 Å². The van der Waals surface area contributed by atoms with Crippen LogP contribution in [0.4, 0.5) is 0 Å². The number of aromatic nitrogens is 4. The molecule has 1 aliphatic rings. The molecular formula is C19H20N4O3. The lowest BCUT2D eigenvalue weighted by Crippen LogP contribution is -2.28. The van der Waals surface area contributed by atoms with Crippen molar-refractivity contribution in [3.8, 4) is 17.1 Å². The van der Waals surface area contributed by atoms with Gasteiger partial charge in [0.2, 0.25) is 0 Å². The van der Waals surface area contributed by atoms with Gasteiger partial charge in [-0.25, -0.2) is 4.98 Å². The third-order valence-corrected chi connectivity index (χ3v) is 4.44. The number of aromatic amines is 1. The highest BCUT2D eigenvalue weighted by atomic mass is 16.7. The third-order valence-electron chi connectivity index (χ3n) is 4.44. The van der Waals surface area contributed by atoms with E-state index in [1.54, 1.807) is 19.5 Å². The third kappa shape index (κ3) is 3.31. The number of nitrogens with one attached hydrogen (secondary N) is 1. The summed E-state index contributed by atoms with van der Waals surface area (Å²) in [6, 6.07) is 11.6. The first-order chi connectivity index (χ1) is 12.8. The van der Waals surface area contributed by atoms with Crippen molar-refractivity contribution < 1.29 is 14.2 Å². The number of ether oxygens (including phenoxy) is 3. The van der Waals surface area contributed by atoms with Gasteiger partial charge in [0.15, 0.2) is 11.6 Å². The first kappa shape index (κ1) is 16.7. The normalized spacial score (nSPS) is 15.9. The van der Waals surface area contributed by atoms with Gasteiger partial charge in [-0.1, -0.05) is 0 Å². The van der Waals surface area contributed by atoms with E-state index in [1.807, 2.05) is 36.4 Å². The highest BCUT2D eigenvalue weighted by molar-refractivity contribution is 5.52. The molecular weight excluding hydrogens is 332 g/mol. The van der Waals surface area contributed by atoms with Crippen LogP contribution in [0.2, 0.25) is 0 Å². The summed E-state index contributed by atoms with van der Waals surface area (Å²) in [5, 5.41) is 7.29. The van der Waals surface area contributed by atoms with E-state index < -0.39 is 5.79 Å². The zero-order valence-corrected chi connectivity index (χ0v) is 14.5. The summed E-state index contributed by atoms with van der Waals surface area (Å²) in [5.41, 5.74) is 1.91. The molecule has 7 nitrogen and oxygen atoms in total. The standard InChI is InChI=1S/C19H20N4O3/c1-24-16-4-2-15(3-5-16)19(25-12-13-26-19)9-6-17-21-18(23-22-17)14-7-10-20-11-8-14/h2-5,7-8,10-11H,6,9,12-13H2,1H3,(H,21,22,23). The summed E-state index contributed by atoms with van der Waals surface area (Å²) in [5.74, 6) is 1.51. The Morgan fingerprint density at radius 1 is 1.08 bits per heavy atom. The molecule has 1 N–H and O–H groups in total. The number of methoxy groups -OCH3 is 1. The van der Waals surface area contributed by atoms with Crippen molar-refractivity contribution in [2.45, 2.75) is 18.6 Å². The smallest absolute Gasteiger partial charge is 0.195 e. The molecule has 0 amide bonds. The van der Waals surface area contributed by atoms with Gasteiger partial charge in [0.1, 0.15) is 11.6 Å². The zero-order valence-electron chi connectivity index (χ0n) is 14.5. The predicted octanol–water partition coefficient (Wildman–Crippen LogP) is 2.71. The molecule has 2 aromatic heterocycles. The molecule has 0 aliphatic carbocycles. The Labute approximate surface area is 151 Å². The van der Waals surface area contributed by atoms with Crippen LogP contribution in [0, 0.1) is 0 Å². The van der Waals surface area contributed by atoms with Crippen LogP contribution >= 0.6 is 0 Å². The van der Waals surface area contributed by atoms with E-state index in [1.165, 1.54) is 0 Å². The molecule has 1 fully saturated rings. The fourth-order valence-corrected chi connectivity index (χ4v) is 3.08. The topological polar surface area (TPSA) is 82.2 Å². The molecule has 0 spiro atoms. The van der Waals surface area contributed by atoms with Crippen LogP contribution in [0.25, 0.3) is 11.4 Å². The molecule has 4 rings (SSSR count). The Kier molecular flexibility index (Phi) is 4.64. The van der Waals surface area contributed by atoms with Crippen LogP contribution < -0.4 is 4.74 Å². The molecule has 3 heterocycles. The van der Waals surface area contributed by atoms with Gasteiger partial charge in [-0.3, -0.25) is 10.1 Å². The number of benzene rings is 1. The minimum atomic E-state index is -0.754. The minimum absolute atomic E-state index is 0.574. The molecule has 3 aromatic rings. The first-order valence-electron chi connectivity index (χ1n) is 8.53. The molecule has 0 saturated carbocycles. The van der Waals surface area contributed by atoms with Gasteiger partial charge in [-0.2, -0.15) is 5.10 Å². The molecule has 1 aliphatic heterocycles. The number of hydrogen-bond donors (Lipinski definition) is 1. The molecule has 1 aromatic carbocycles. The lowest BCUT2D eigenvalue weighted by atomic mass is 10.00. The van der Waals surface area contributed by atoms with E-state index in [0.717, 1.165) is 22.7 Å². The Hall–Kier alpha value is -2.77. The van der Waals surface area contributed by atoms with Crippen LogP contribution in [-0.4, -0.2) is 40.5 Å². The summed E-state index contributed by atoms with van der Waals surface area (Å²) >= 11 is 0. The first-order valence-corrected chi connectivity index (χ1v) is 8.53. The predicted molar refractivity (Wildman–Crippen MR) is 94.5 cm³/mol. The van der Waals surface area contributed by atoms with Crippen LogP contribution in [0.5, 0.6) is 5.75 Å². The summed E-state index contributed by atoms with van der Waals surface area (Å²) in [6.45, 7) is 1.15. The van der Waals surface area contributed by atoms with Crippen molar-refractivity contribution in [3.63, 3.8) is 0 Å². The van der Waals surface area contributed by atoms with Crippen molar-refractivity contribution in [1.82, 2.24) is 20.2 Å². The van der Waals surface area contributed by atoms with Crippen LogP contribution in [0.1, 0.15) is 17.8 Å². The van der Waals surface area contributed by atoms with E-state index in [0.29, 0.717) is 31.9 Å². The van der Waals surface area contributed by atoms with E-state index in [2.05, 4.69) is 20.2 Å². The number of hydrogen-bond acceptors (Lipinski definition) is 6. The van der Waals surface area contributed by atoms with E-state index >= 15 is 0 Å². The number of nitrogens with zero attached hydrogens (tertiary/aromatic N) is 3. The zero-order chi connectivity index (χ0) is 17.8. The van der Waals surface area contributed by atoms with Crippen molar-refractivity contribution in [3.05, 3.63) is 60.2 Å². The Bertz CT molecular complexity index is 843. The van der Waals surface area contributed by atoms with Crippen LogP contribution in [-0.2, 0) is 21.7 Å². The van der Waals surface area contributed by atoms with Gasteiger partial charge in [-0.15, -0.1) is 0 Å². The highest BCUT2D eigenvalue weighted by Gasteiger charge is 2.38. The van der Waals surface area contributed by atoms with Gasteiger partial charge in [0, 0.05) is 36.4 Å². The van der Waals surface area contributed by atoms with Crippen molar-refractivity contribution in [2.75, 3.05) is 20.3 Å². The molecule has 7 heteroatoms. The SMILES string of the molecule is COc1ccc(C2(CCc3nc(-c4ccncc4)n[nH]3)OCCO2)cc1. The highest BCUT2D eigenvalue weighted by Crippen LogP contribution is 2.36. The van der Waals surface area contributed by atoms with Crippen molar-refractivity contribution >= 4 is 0 Å². The molecule has 26 heavy (non-hydrogen) atoms. The second kappa shape index (κ2) is 7.23. The van der Waals surface area contributed by atoms with Gasteiger partial charge >= 0.3 is 0 Å². The molecule has 0 atom stereocenters. The Morgan fingerprint density at radius 2 is 1.81 bits per heavy atom. The average molecular weight is 352 g/mol. The molecule has 1 saturated heterocycles. The quantitative estimate of drug-likeness (QED) is 0.734. The van der Waals surface area contributed by atoms with Gasteiger partial charge in [0.05, 0.1) is 20.3 Å². The van der Waals surface area contributed by atoms with E-state index in [-0.39, 0.29) is 0 Å². The van der Waals surface area contributed by atoms with Crippen LogP contribution in [0.3, 0.4) is 0 Å². The second-order valence-corrected chi connectivity index (χ2v) is 6.02. The summed E-state index contributed by atoms with van der Waals surface area (Å²) < 4.78 is 17.2. The van der Waals surface area contributed by atoms with Gasteiger partial charge < -0.3 is 14.2 Å². The maximum atomic E-state index is 5.98. The van der Waals surface area contributed by atoms with Crippen LogP contribution in [0.15, 0.2) is 48.8 Å². The number of rotatable bonds is 6. The molecule has 0 bridgehead atoms. The lowest BCUT2D eigenvalue weighted by molar-refractivity contribution is -0.170. The maximum absolute atomic E-state index is 5.98. The molecule has 134 valence electrons. The minimum Gasteiger partial charge on any atom is -0.497 e. The summed E-state index contributed by atoms with van der Waals surface area (Å²) in [6.07, 6.45) is 4.75. The lowest BCUT2D eigenvalue weighted by Gasteiger charge is -2.27. The van der Waals surface area contributed by atoms with Crippen molar-refractivity contribution in [1.29, 1.82) is 0 Å². The summed E-state index contributed by atoms with van der Waals surface area (Å²) in [4.78, 5) is 8.58. The van der Waals surface area contributed by atoms with Gasteiger partial charge in [0.25, 0.3) is 0 Å². The van der Waals surface area contributed by atoms with E-state index in [4.69, 9.17) is 14.2 Å². The maximum Gasteiger partial charge on any atom is 0.195 e. The van der Waals surface area contributed by atoms with Crippen molar-refractivity contribution in [2.24, 2.45) is 0 Å². The number of aryl methyl sites for hydroxylation is 1. The molecule has 0 radical (unpaired) electrons. The molecule has 0 unspecified atom stereocenters. The average Bonchev–Trinajstić information content (AvgIpc) is 3.38. The summed E-state index contributed by atoms with van der Waals surface area (Å²) in [7, 11) is 1.65. The Morgan fingerprint density at radius 3 is 2.50 bits per heavy atom. The fourth-order valence-electron chi connectivity index (χ4n) is 3.08. The largest absolute Gasteiger partial charge is 0.497 e. The number of H-pyrrole nitrogens is 1.